The summed E-state index contributed by atoms with van der Waals surface area (Å²) in [4.78, 5) is 0. The van der Waals surface area contributed by atoms with Crippen LogP contribution in [0.25, 0.3) is 10.1 Å². The average molecular weight is 292 g/mol. The molecule has 0 amide bonds. The van der Waals surface area contributed by atoms with E-state index in [0.29, 0.717) is 0 Å². The number of phenolic OH excluding ortho intramolecular Hbond substituents is 1. The van der Waals surface area contributed by atoms with Crippen LogP contribution in [0.3, 0.4) is 0 Å². The van der Waals surface area contributed by atoms with Crippen molar-refractivity contribution in [3.8, 4) is 10.8 Å². The van der Waals surface area contributed by atoms with Crippen molar-refractivity contribution >= 4 is 44.0 Å². The van der Waals surface area contributed by atoms with Gasteiger partial charge in [0.2, 0.25) is 0 Å². The SMILES string of the molecule is Oc1cc(I)c2cc(O)sc2c1. The molecule has 0 aliphatic carbocycles. The van der Waals surface area contributed by atoms with Gasteiger partial charge in [-0.15, -0.1) is 0 Å². The number of rotatable bonds is 0. The summed E-state index contributed by atoms with van der Waals surface area (Å²) >= 11 is 3.40. The molecule has 0 spiro atoms. The van der Waals surface area contributed by atoms with Gasteiger partial charge in [0.1, 0.15) is 5.75 Å². The topological polar surface area (TPSA) is 40.5 Å². The molecule has 0 atom stereocenters. The smallest absolute Gasteiger partial charge is 0.172 e. The van der Waals surface area contributed by atoms with Gasteiger partial charge >= 0.3 is 0 Å². The molecule has 0 aliphatic heterocycles. The van der Waals surface area contributed by atoms with E-state index in [4.69, 9.17) is 0 Å². The average Bonchev–Trinajstić information content (AvgIpc) is 2.29. The number of benzene rings is 1. The summed E-state index contributed by atoms with van der Waals surface area (Å²) in [5.41, 5.74) is 0. The Morgan fingerprint density at radius 1 is 1.17 bits per heavy atom. The van der Waals surface area contributed by atoms with Gasteiger partial charge in [-0.1, -0.05) is 11.3 Å². The summed E-state index contributed by atoms with van der Waals surface area (Å²) < 4.78 is 1.87. The molecule has 2 rings (SSSR count). The predicted molar refractivity (Wildman–Crippen MR) is 57.9 cm³/mol. The van der Waals surface area contributed by atoms with Crippen LogP contribution in [0.2, 0.25) is 0 Å². The highest BCUT2D eigenvalue weighted by Crippen LogP contribution is 2.35. The summed E-state index contributed by atoms with van der Waals surface area (Å²) in [5.74, 6) is 0.244. The van der Waals surface area contributed by atoms with Gasteiger partial charge in [-0.2, -0.15) is 0 Å². The summed E-state index contributed by atoms with van der Waals surface area (Å²) in [6.45, 7) is 0. The molecule has 0 saturated carbocycles. The molecule has 2 aromatic rings. The molecule has 1 heterocycles. The van der Waals surface area contributed by atoms with Crippen molar-refractivity contribution in [2.45, 2.75) is 0 Å². The van der Waals surface area contributed by atoms with E-state index in [1.54, 1.807) is 18.2 Å². The molecule has 0 bridgehead atoms. The lowest BCUT2D eigenvalue weighted by Crippen LogP contribution is -1.71. The lowest BCUT2D eigenvalue weighted by molar-refractivity contribution is 0.476. The van der Waals surface area contributed by atoms with Crippen molar-refractivity contribution in [3.63, 3.8) is 0 Å². The first kappa shape index (κ1) is 8.12. The summed E-state index contributed by atoms with van der Waals surface area (Å²) in [7, 11) is 0. The van der Waals surface area contributed by atoms with Crippen molar-refractivity contribution in [1.82, 2.24) is 0 Å². The van der Waals surface area contributed by atoms with E-state index in [0.717, 1.165) is 13.7 Å². The Bertz CT molecular complexity index is 436. The van der Waals surface area contributed by atoms with Gasteiger partial charge < -0.3 is 10.2 Å². The standard InChI is InChI=1S/C8H5IO2S/c9-6-1-4(10)2-7-5(6)3-8(11)12-7/h1-3,10-11H. The Hall–Kier alpha value is -0.490. The number of hydrogen-bond donors (Lipinski definition) is 2. The summed E-state index contributed by atoms with van der Waals surface area (Å²) in [6, 6.07) is 5.04. The Morgan fingerprint density at radius 3 is 2.67 bits per heavy atom. The van der Waals surface area contributed by atoms with Gasteiger partial charge in [0.15, 0.2) is 5.06 Å². The number of aromatic hydroxyl groups is 2. The van der Waals surface area contributed by atoms with Crippen LogP contribution in [0.4, 0.5) is 0 Å². The third-order valence-corrected chi connectivity index (χ3v) is 3.34. The molecule has 12 heavy (non-hydrogen) atoms. The van der Waals surface area contributed by atoms with Crippen molar-refractivity contribution in [2.24, 2.45) is 0 Å². The second-order valence-electron chi connectivity index (χ2n) is 2.42. The number of hydrogen-bond acceptors (Lipinski definition) is 3. The molecular weight excluding hydrogens is 287 g/mol. The second kappa shape index (κ2) is 2.77. The molecule has 2 nitrogen and oxygen atoms in total. The number of phenols is 1. The zero-order valence-electron chi connectivity index (χ0n) is 5.91. The lowest BCUT2D eigenvalue weighted by Gasteiger charge is -1.94. The summed E-state index contributed by atoms with van der Waals surface area (Å²) in [6.07, 6.45) is 0. The van der Waals surface area contributed by atoms with Gasteiger partial charge in [-0.25, -0.2) is 0 Å². The van der Waals surface area contributed by atoms with Crippen molar-refractivity contribution in [2.75, 3.05) is 0 Å². The molecule has 62 valence electrons. The maximum atomic E-state index is 9.24. The third kappa shape index (κ3) is 1.25. The Balaban J connectivity index is 2.88. The molecular formula is C8H5IO2S. The van der Waals surface area contributed by atoms with Crippen LogP contribution in [0.5, 0.6) is 10.8 Å². The van der Waals surface area contributed by atoms with Crippen molar-refractivity contribution < 1.29 is 10.2 Å². The van der Waals surface area contributed by atoms with Crippen LogP contribution in [-0.4, -0.2) is 10.2 Å². The molecule has 2 N–H and O–H groups in total. The molecule has 0 radical (unpaired) electrons. The minimum atomic E-state index is 0.244. The molecule has 4 heteroatoms. The van der Waals surface area contributed by atoms with E-state index in [1.807, 2.05) is 0 Å². The quantitative estimate of drug-likeness (QED) is 0.733. The minimum Gasteiger partial charge on any atom is -0.508 e. The van der Waals surface area contributed by atoms with E-state index in [-0.39, 0.29) is 10.8 Å². The molecule has 1 aromatic carbocycles. The zero-order valence-corrected chi connectivity index (χ0v) is 8.89. The van der Waals surface area contributed by atoms with Crippen molar-refractivity contribution in [3.05, 3.63) is 21.8 Å². The van der Waals surface area contributed by atoms with Crippen LogP contribution in [-0.2, 0) is 0 Å². The summed E-state index contributed by atoms with van der Waals surface area (Å²) in [5, 5.41) is 19.7. The van der Waals surface area contributed by atoms with Crippen LogP contribution >= 0.6 is 33.9 Å². The van der Waals surface area contributed by atoms with Crippen LogP contribution < -0.4 is 0 Å². The second-order valence-corrected chi connectivity index (χ2v) is 4.65. The largest absolute Gasteiger partial charge is 0.508 e. The highest BCUT2D eigenvalue weighted by atomic mass is 127. The van der Waals surface area contributed by atoms with E-state index < -0.39 is 0 Å². The van der Waals surface area contributed by atoms with Crippen LogP contribution in [0.1, 0.15) is 0 Å². The number of halogens is 1. The lowest BCUT2D eigenvalue weighted by atomic mass is 10.2. The van der Waals surface area contributed by atoms with E-state index >= 15 is 0 Å². The van der Waals surface area contributed by atoms with E-state index in [1.165, 1.54) is 11.3 Å². The van der Waals surface area contributed by atoms with Gasteiger partial charge in [-0.05, 0) is 34.7 Å². The fraction of sp³-hybridized carbons (Fsp3) is 0. The third-order valence-electron chi connectivity index (χ3n) is 1.56. The Morgan fingerprint density at radius 2 is 1.92 bits per heavy atom. The first-order valence-electron chi connectivity index (χ1n) is 3.28. The van der Waals surface area contributed by atoms with E-state index in [2.05, 4.69) is 22.6 Å². The molecule has 0 aliphatic rings. The van der Waals surface area contributed by atoms with Crippen molar-refractivity contribution in [1.29, 1.82) is 0 Å². The highest BCUT2D eigenvalue weighted by molar-refractivity contribution is 14.1. The first-order valence-corrected chi connectivity index (χ1v) is 5.17. The zero-order chi connectivity index (χ0) is 8.72. The molecule has 0 fully saturated rings. The fourth-order valence-electron chi connectivity index (χ4n) is 1.07. The maximum absolute atomic E-state index is 9.24. The molecule has 0 unspecified atom stereocenters. The van der Waals surface area contributed by atoms with Crippen LogP contribution in [0.15, 0.2) is 18.2 Å². The fourth-order valence-corrected chi connectivity index (χ4v) is 2.88. The molecule has 1 aromatic heterocycles. The van der Waals surface area contributed by atoms with Gasteiger partial charge in [0.25, 0.3) is 0 Å². The van der Waals surface area contributed by atoms with Gasteiger partial charge in [-0.3, -0.25) is 0 Å². The monoisotopic (exact) mass is 292 g/mol. The predicted octanol–water partition coefficient (Wildman–Crippen LogP) is 2.92. The Labute approximate surface area is 86.6 Å². The first-order chi connectivity index (χ1) is 5.66. The number of fused-ring (bicyclic) bond motifs is 1. The van der Waals surface area contributed by atoms with E-state index in [9.17, 15) is 10.2 Å². The minimum absolute atomic E-state index is 0.244. The Kier molecular flexibility index (Phi) is 1.88. The van der Waals surface area contributed by atoms with Gasteiger partial charge in [0, 0.05) is 19.7 Å². The normalized spacial score (nSPS) is 10.8. The highest BCUT2D eigenvalue weighted by Gasteiger charge is 2.05. The molecule has 0 saturated heterocycles. The van der Waals surface area contributed by atoms with Crippen LogP contribution in [0, 0.1) is 3.57 Å². The van der Waals surface area contributed by atoms with Gasteiger partial charge in [0.05, 0.1) is 0 Å². The number of thiophene rings is 1. The maximum Gasteiger partial charge on any atom is 0.172 e.